The van der Waals surface area contributed by atoms with E-state index in [4.69, 9.17) is 14.9 Å². The van der Waals surface area contributed by atoms with Crippen molar-refractivity contribution in [1.82, 2.24) is 9.47 Å². The highest BCUT2D eigenvalue weighted by Gasteiger charge is 2.34. The first kappa shape index (κ1) is 25.1. The fourth-order valence-electron chi connectivity index (χ4n) is 4.81. The molecular weight excluding hydrogens is 490 g/mol. The van der Waals surface area contributed by atoms with Crippen molar-refractivity contribution in [2.75, 3.05) is 12.3 Å². The van der Waals surface area contributed by atoms with Gasteiger partial charge in [-0.1, -0.05) is 12.1 Å². The van der Waals surface area contributed by atoms with Crippen molar-refractivity contribution in [3.8, 4) is 5.75 Å². The monoisotopic (exact) mass is 517 g/mol. The number of ether oxygens (including phenoxy) is 1. The predicted molar refractivity (Wildman–Crippen MR) is 140 cm³/mol. The number of aromatic nitrogens is 1. The Balaban J connectivity index is 1.50. The summed E-state index contributed by atoms with van der Waals surface area (Å²) in [7, 11) is 0. The van der Waals surface area contributed by atoms with E-state index in [9.17, 15) is 24.3 Å². The van der Waals surface area contributed by atoms with E-state index >= 15 is 0 Å². The summed E-state index contributed by atoms with van der Waals surface area (Å²) < 4.78 is 13.0. The normalized spacial score (nSPS) is 13.5. The topological polar surface area (TPSA) is 145 Å². The van der Waals surface area contributed by atoms with Crippen molar-refractivity contribution in [1.29, 1.82) is 0 Å². The van der Waals surface area contributed by atoms with Gasteiger partial charge in [0, 0.05) is 18.8 Å². The van der Waals surface area contributed by atoms with Crippen molar-refractivity contribution in [3.63, 3.8) is 0 Å². The van der Waals surface area contributed by atoms with Gasteiger partial charge >= 0.3 is 5.97 Å². The molecule has 4 aromatic rings. The van der Waals surface area contributed by atoms with Crippen molar-refractivity contribution in [2.24, 2.45) is 0 Å². The second kappa shape index (κ2) is 8.76. The Morgan fingerprint density at radius 2 is 1.66 bits per heavy atom. The number of fused-ring (bicyclic) bond motifs is 4. The smallest absolute Gasteiger partial charge is 0.378 e. The molecule has 10 heteroatoms. The van der Waals surface area contributed by atoms with Crippen LogP contribution in [0.2, 0.25) is 0 Å². The average molecular weight is 518 g/mol. The summed E-state index contributed by atoms with van der Waals surface area (Å²) in [4.78, 5) is 52.2. The molecule has 0 fully saturated rings. The van der Waals surface area contributed by atoms with Crippen LogP contribution in [-0.4, -0.2) is 44.5 Å². The zero-order chi connectivity index (χ0) is 27.5. The highest BCUT2D eigenvalue weighted by Crippen LogP contribution is 2.36. The second-order valence-corrected chi connectivity index (χ2v) is 10.3. The van der Waals surface area contributed by atoms with Crippen molar-refractivity contribution in [3.05, 3.63) is 69.2 Å². The van der Waals surface area contributed by atoms with Crippen LogP contribution >= 0.6 is 0 Å². The van der Waals surface area contributed by atoms with E-state index in [2.05, 4.69) is 0 Å². The Morgan fingerprint density at radius 1 is 1.03 bits per heavy atom. The summed E-state index contributed by atoms with van der Waals surface area (Å²) >= 11 is 0. The van der Waals surface area contributed by atoms with Gasteiger partial charge in [0.25, 0.3) is 17.6 Å². The number of hydrogen-bond donors (Lipinski definition) is 2. The number of amides is 2. The summed E-state index contributed by atoms with van der Waals surface area (Å²) in [6, 6.07) is 9.92. The quantitative estimate of drug-likeness (QED) is 0.299. The lowest BCUT2D eigenvalue weighted by Crippen LogP contribution is -2.31. The van der Waals surface area contributed by atoms with Gasteiger partial charge in [-0.15, -0.1) is 0 Å². The molecule has 3 N–H and O–H groups in total. The zero-order valence-corrected chi connectivity index (χ0v) is 21.5. The standard InChI is InChI=1S/C28H27N3O7/c1-14-20(29)19-18(30(14)12-7-13-31-25(34)15-8-5-6-9-16(15)26(31)35)11-10-17-21(32)22(33)24(37-23(17)19)27(36)38-28(2,3)4/h5-6,8-11,33H,7,12-13,29H2,1-4H3. The van der Waals surface area contributed by atoms with Crippen LogP contribution in [0.5, 0.6) is 5.75 Å². The Kier molecular flexibility index (Phi) is 5.78. The molecule has 2 aromatic carbocycles. The number of carbonyl (C=O) groups is 3. The molecule has 0 saturated carbocycles. The van der Waals surface area contributed by atoms with E-state index < -0.39 is 28.5 Å². The van der Waals surface area contributed by atoms with E-state index in [0.717, 1.165) is 0 Å². The van der Waals surface area contributed by atoms with Crippen LogP contribution in [0.25, 0.3) is 21.9 Å². The van der Waals surface area contributed by atoms with Crippen molar-refractivity contribution in [2.45, 2.75) is 46.3 Å². The van der Waals surface area contributed by atoms with Crippen LogP contribution in [0.1, 0.15) is 64.2 Å². The van der Waals surface area contributed by atoms with Gasteiger partial charge in [0.05, 0.1) is 33.1 Å². The minimum Gasteiger partial charge on any atom is -0.501 e. The molecule has 10 nitrogen and oxygen atoms in total. The number of carbonyl (C=O) groups excluding carboxylic acids is 3. The van der Waals surface area contributed by atoms with Gasteiger partial charge in [0.1, 0.15) is 5.60 Å². The Hall–Kier alpha value is -4.60. The van der Waals surface area contributed by atoms with Gasteiger partial charge in [0.2, 0.25) is 11.2 Å². The first-order valence-corrected chi connectivity index (χ1v) is 12.2. The van der Waals surface area contributed by atoms with E-state index in [-0.39, 0.29) is 29.3 Å². The van der Waals surface area contributed by atoms with Crippen LogP contribution in [0, 0.1) is 6.92 Å². The van der Waals surface area contributed by atoms with E-state index in [1.54, 1.807) is 58.0 Å². The summed E-state index contributed by atoms with van der Waals surface area (Å²) in [6.45, 7) is 7.40. The molecular formula is C28H27N3O7. The molecule has 1 aliphatic rings. The molecule has 0 unspecified atom stereocenters. The summed E-state index contributed by atoms with van der Waals surface area (Å²) in [6.07, 6.45) is 0.455. The molecule has 2 amide bonds. The molecule has 196 valence electrons. The van der Waals surface area contributed by atoms with Crippen LogP contribution in [0.3, 0.4) is 0 Å². The van der Waals surface area contributed by atoms with Crippen molar-refractivity contribution >= 4 is 45.3 Å². The number of aromatic hydroxyl groups is 1. The number of rotatable bonds is 5. The number of benzene rings is 2. The zero-order valence-electron chi connectivity index (χ0n) is 21.5. The number of hydrogen-bond acceptors (Lipinski definition) is 8. The van der Waals surface area contributed by atoms with Gasteiger partial charge in [-0.25, -0.2) is 4.79 Å². The number of nitrogens with zero attached hydrogens (tertiary/aromatic N) is 2. The first-order chi connectivity index (χ1) is 17.9. The van der Waals surface area contributed by atoms with Crippen molar-refractivity contribution < 1.29 is 28.6 Å². The molecule has 38 heavy (non-hydrogen) atoms. The maximum Gasteiger partial charge on any atom is 0.378 e. The third-order valence-corrected chi connectivity index (χ3v) is 6.60. The third-order valence-electron chi connectivity index (χ3n) is 6.60. The molecule has 0 spiro atoms. The summed E-state index contributed by atoms with van der Waals surface area (Å²) in [5, 5.41) is 10.9. The average Bonchev–Trinajstić information content (AvgIpc) is 3.25. The minimum absolute atomic E-state index is 0.0610. The molecule has 0 atom stereocenters. The number of esters is 1. The Labute approximate surface area is 217 Å². The first-order valence-electron chi connectivity index (χ1n) is 12.2. The maximum absolute atomic E-state index is 12.9. The Morgan fingerprint density at radius 3 is 2.26 bits per heavy atom. The maximum atomic E-state index is 12.9. The van der Waals surface area contributed by atoms with Crippen LogP contribution < -0.4 is 11.2 Å². The number of anilines is 1. The lowest BCUT2D eigenvalue weighted by Gasteiger charge is -2.19. The van der Waals surface area contributed by atoms with E-state index in [1.807, 2.05) is 4.57 Å². The lowest BCUT2D eigenvalue weighted by molar-refractivity contribution is 0.00319. The van der Waals surface area contributed by atoms with Gasteiger partial charge < -0.3 is 24.6 Å². The molecule has 0 radical (unpaired) electrons. The highest BCUT2D eigenvalue weighted by atomic mass is 16.6. The molecule has 5 rings (SSSR count). The van der Waals surface area contributed by atoms with Crippen LogP contribution in [0.15, 0.2) is 45.6 Å². The highest BCUT2D eigenvalue weighted by molar-refractivity contribution is 6.21. The van der Waals surface area contributed by atoms with Gasteiger partial charge in [-0.05, 0) is 58.4 Å². The summed E-state index contributed by atoms with van der Waals surface area (Å²) in [5.74, 6) is -3.04. The number of imide groups is 1. The predicted octanol–water partition coefficient (Wildman–Crippen LogP) is 3.99. The second-order valence-electron chi connectivity index (χ2n) is 10.3. The molecule has 0 saturated heterocycles. The molecule has 0 bridgehead atoms. The largest absolute Gasteiger partial charge is 0.501 e. The third kappa shape index (κ3) is 3.89. The van der Waals surface area contributed by atoms with Crippen LogP contribution in [0.4, 0.5) is 5.69 Å². The van der Waals surface area contributed by atoms with Gasteiger partial charge in [0.15, 0.2) is 5.58 Å². The molecule has 1 aliphatic heterocycles. The van der Waals surface area contributed by atoms with E-state index in [0.29, 0.717) is 46.4 Å². The minimum atomic E-state index is -0.971. The molecule has 0 aliphatic carbocycles. The van der Waals surface area contributed by atoms with Gasteiger partial charge in [-0.2, -0.15) is 0 Å². The SMILES string of the molecule is Cc1c(N)c2c3oc(C(=O)OC(C)(C)C)c(O)c(=O)c3ccc2n1CCCN1C(=O)c2ccccc2C1=O. The summed E-state index contributed by atoms with van der Waals surface area (Å²) in [5.41, 5.74) is 7.31. The number of nitrogen functional groups attached to an aromatic ring is 1. The molecule has 2 aromatic heterocycles. The fraction of sp³-hybridized carbons (Fsp3) is 0.286. The number of nitrogens with two attached hydrogens (primary N) is 1. The fourth-order valence-corrected chi connectivity index (χ4v) is 4.81. The number of aryl methyl sites for hydroxylation is 1. The molecule has 3 heterocycles. The van der Waals surface area contributed by atoms with E-state index in [1.165, 1.54) is 11.0 Å². The Bertz CT molecular complexity index is 1690. The lowest BCUT2D eigenvalue weighted by atomic mass is 10.1. The van der Waals surface area contributed by atoms with Crippen LogP contribution in [-0.2, 0) is 11.3 Å². The van der Waals surface area contributed by atoms with Gasteiger partial charge in [-0.3, -0.25) is 19.3 Å².